The Bertz CT molecular complexity index is 1090. The maximum Gasteiger partial charge on any atom is 0.319 e. The van der Waals surface area contributed by atoms with Crippen LogP contribution in [0.3, 0.4) is 0 Å². The number of hydrogen-bond donors (Lipinski definition) is 2. The monoisotopic (exact) mass is 568 g/mol. The van der Waals surface area contributed by atoms with Crippen molar-refractivity contribution in [1.82, 2.24) is 5.32 Å². The molecule has 1 aromatic rings. The second-order valence-electron chi connectivity index (χ2n) is 8.53. The average Bonchev–Trinajstić information content (AvgIpc) is 2.84. The van der Waals surface area contributed by atoms with Gasteiger partial charge in [0.2, 0.25) is 6.29 Å². The van der Waals surface area contributed by atoms with Gasteiger partial charge in [0.15, 0.2) is 18.3 Å². The maximum atomic E-state index is 12.9. The Morgan fingerprint density at radius 2 is 1.38 bits per heavy atom. The summed E-state index contributed by atoms with van der Waals surface area (Å²) in [6, 6.07) is 4.05. The number of carbonyl (C=O) groups is 6. The van der Waals surface area contributed by atoms with Crippen molar-refractivity contribution < 1.29 is 61.9 Å². The molecule has 0 unspecified atom stereocenters. The Kier molecular flexibility index (Phi) is 11.7. The van der Waals surface area contributed by atoms with Crippen molar-refractivity contribution in [2.45, 2.75) is 71.4 Å². The van der Waals surface area contributed by atoms with Crippen LogP contribution in [-0.4, -0.2) is 86.3 Å². The van der Waals surface area contributed by atoms with Crippen LogP contribution in [0.1, 0.15) is 34.6 Å². The van der Waals surface area contributed by atoms with Gasteiger partial charge in [-0.05, 0) is 24.3 Å². The van der Waals surface area contributed by atoms with Gasteiger partial charge in [0.05, 0.1) is 7.11 Å². The summed E-state index contributed by atoms with van der Waals surface area (Å²) in [4.78, 5) is 72.4. The van der Waals surface area contributed by atoms with Crippen LogP contribution in [0.5, 0.6) is 5.75 Å². The number of methoxy groups -OCH3 is 1. The lowest BCUT2D eigenvalue weighted by Crippen LogP contribution is -2.69. The van der Waals surface area contributed by atoms with E-state index in [2.05, 4.69) is 10.6 Å². The van der Waals surface area contributed by atoms with Gasteiger partial charge in [-0.2, -0.15) is 0 Å². The van der Waals surface area contributed by atoms with Crippen LogP contribution in [0.4, 0.5) is 10.5 Å². The zero-order valence-corrected chi connectivity index (χ0v) is 22.8. The molecule has 15 nitrogen and oxygen atoms in total. The van der Waals surface area contributed by atoms with Gasteiger partial charge in [0, 0.05) is 40.3 Å². The highest BCUT2D eigenvalue weighted by molar-refractivity contribution is 5.89. The number of amides is 2. The summed E-state index contributed by atoms with van der Waals surface area (Å²) in [5, 5.41) is 5.08. The molecule has 1 aliphatic heterocycles. The number of hydrogen-bond acceptors (Lipinski definition) is 13. The molecule has 0 radical (unpaired) electrons. The van der Waals surface area contributed by atoms with Crippen molar-refractivity contribution in [3.8, 4) is 5.75 Å². The van der Waals surface area contributed by atoms with E-state index in [0.29, 0.717) is 11.4 Å². The van der Waals surface area contributed by atoms with Crippen LogP contribution in [0, 0.1) is 0 Å². The summed E-state index contributed by atoms with van der Waals surface area (Å²) in [6.45, 7) is 4.83. The summed E-state index contributed by atoms with van der Waals surface area (Å²) in [6.07, 6.45) is -7.59. The minimum Gasteiger partial charge on any atom is -0.497 e. The van der Waals surface area contributed by atoms with Gasteiger partial charge in [-0.15, -0.1) is 0 Å². The van der Waals surface area contributed by atoms with Crippen molar-refractivity contribution in [2.75, 3.05) is 19.0 Å². The van der Waals surface area contributed by atoms with Crippen LogP contribution in [-0.2, 0) is 52.4 Å². The molecule has 1 aliphatic rings. The Morgan fingerprint density at radius 1 is 0.800 bits per heavy atom. The van der Waals surface area contributed by atoms with Crippen molar-refractivity contribution in [1.29, 1.82) is 0 Å². The van der Waals surface area contributed by atoms with E-state index < -0.39 is 79.2 Å². The summed E-state index contributed by atoms with van der Waals surface area (Å²) in [5.74, 6) is -3.53. The zero-order chi connectivity index (χ0) is 30.0. The summed E-state index contributed by atoms with van der Waals surface area (Å²) >= 11 is 0. The quantitative estimate of drug-likeness (QED) is 0.298. The van der Waals surface area contributed by atoms with E-state index in [4.69, 9.17) is 33.2 Å². The third-order valence-corrected chi connectivity index (χ3v) is 5.25. The topological polar surface area (TPSA) is 191 Å². The predicted octanol–water partition coefficient (Wildman–Crippen LogP) is 0.832. The van der Waals surface area contributed by atoms with Crippen molar-refractivity contribution in [3.05, 3.63) is 24.3 Å². The number of esters is 5. The van der Waals surface area contributed by atoms with Gasteiger partial charge in [0.25, 0.3) is 0 Å². The lowest BCUT2D eigenvalue weighted by atomic mass is 9.93. The van der Waals surface area contributed by atoms with Gasteiger partial charge in [-0.3, -0.25) is 24.0 Å². The second-order valence-corrected chi connectivity index (χ2v) is 8.53. The van der Waals surface area contributed by atoms with Gasteiger partial charge in [-0.25, -0.2) is 4.79 Å². The molecule has 0 bridgehead atoms. The second kappa shape index (κ2) is 14.7. The SMILES string of the molecule is COc1ccc(NC(=O)N[C@@H]2[C@H](OC(C)=O)O[C@@H]([C@@H](COC(C)=O)OC(C)=O)[C@H](OC(C)=O)[C@H]2OC(C)=O)cc1. The minimum absolute atomic E-state index is 0.355. The maximum absolute atomic E-state index is 12.9. The molecule has 2 amide bonds. The molecular formula is C25H32N2O13. The third kappa shape index (κ3) is 9.72. The van der Waals surface area contributed by atoms with Crippen LogP contribution >= 0.6 is 0 Å². The van der Waals surface area contributed by atoms with Crippen LogP contribution < -0.4 is 15.4 Å². The third-order valence-electron chi connectivity index (χ3n) is 5.25. The van der Waals surface area contributed by atoms with Crippen LogP contribution in [0.2, 0.25) is 0 Å². The number of anilines is 1. The smallest absolute Gasteiger partial charge is 0.319 e. The Hall–Kier alpha value is -4.40. The number of rotatable bonds is 10. The van der Waals surface area contributed by atoms with E-state index in [0.717, 1.165) is 34.6 Å². The normalized spacial score (nSPS) is 22.5. The first kappa shape index (κ1) is 31.8. The van der Waals surface area contributed by atoms with E-state index in [1.807, 2.05) is 0 Å². The standard InChI is InChI=1S/C25H32N2O13/c1-12(28)35-11-19(36-13(2)29)21-23(38-15(4)31)22(37-14(3)30)20(24(40-21)39-16(5)32)27-25(33)26-17-7-9-18(34-6)10-8-17/h7-10,19-24H,11H2,1-6H3,(H2,26,27,33)/t19-,20+,21+,22+,23+,24-/m1/s1. The highest BCUT2D eigenvalue weighted by Gasteiger charge is 2.55. The molecule has 0 aromatic heterocycles. The first-order valence-electron chi connectivity index (χ1n) is 12.0. The lowest BCUT2D eigenvalue weighted by Gasteiger charge is -2.46. The highest BCUT2D eigenvalue weighted by atomic mass is 16.7. The fraction of sp³-hybridized carbons (Fsp3) is 0.520. The average molecular weight is 569 g/mol. The number of urea groups is 1. The van der Waals surface area contributed by atoms with Gasteiger partial charge in [0.1, 0.15) is 24.5 Å². The predicted molar refractivity (Wildman–Crippen MR) is 133 cm³/mol. The molecule has 40 heavy (non-hydrogen) atoms. The first-order chi connectivity index (χ1) is 18.8. The molecule has 0 spiro atoms. The fourth-order valence-corrected chi connectivity index (χ4v) is 3.84. The molecule has 2 N–H and O–H groups in total. The molecule has 2 rings (SSSR count). The lowest BCUT2D eigenvalue weighted by molar-refractivity contribution is -0.282. The number of ether oxygens (including phenoxy) is 7. The molecule has 1 aromatic carbocycles. The molecular weight excluding hydrogens is 536 g/mol. The fourth-order valence-electron chi connectivity index (χ4n) is 3.84. The molecule has 0 saturated carbocycles. The van der Waals surface area contributed by atoms with Gasteiger partial charge in [-0.1, -0.05) is 0 Å². The molecule has 1 saturated heterocycles. The van der Waals surface area contributed by atoms with Crippen molar-refractivity contribution in [3.63, 3.8) is 0 Å². The Balaban J connectivity index is 2.49. The van der Waals surface area contributed by atoms with E-state index in [1.54, 1.807) is 24.3 Å². The Morgan fingerprint density at radius 3 is 1.88 bits per heavy atom. The Labute approximate surface area is 229 Å². The van der Waals surface area contributed by atoms with Gasteiger partial charge >= 0.3 is 35.9 Å². The highest BCUT2D eigenvalue weighted by Crippen LogP contribution is 2.31. The largest absolute Gasteiger partial charge is 0.497 e. The first-order valence-corrected chi connectivity index (χ1v) is 12.0. The van der Waals surface area contributed by atoms with Crippen molar-refractivity contribution >= 4 is 41.6 Å². The van der Waals surface area contributed by atoms with Gasteiger partial charge < -0.3 is 43.8 Å². The van der Waals surface area contributed by atoms with Crippen LogP contribution in [0.25, 0.3) is 0 Å². The summed E-state index contributed by atoms with van der Waals surface area (Å²) in [5.41, 5.74) is 0.355. The number of nitrogens with one attached hydrogen (secondary N) is 2. The van der Waals surface area contributed by atoms with E-state index in [9.17, 15) is 28.8 Å². The van der Waals surface area contributed by atoms with Crippen LogP contribution in [0.15, 0.2) is 24.3 Å². The zero-order valence-electron chi connectivity index (χ0n) is 22.8. The molecule has 1 heterocycles. The molecule has 0 aliphatic carbocycles. The summed E-state index contributed by atoms with van der Waals surface area (Å²) < 4.78 is 37.3. The van der Waals surface area contributed by atoms with Crippen molar-refractivity contribution in [2.24, 2.45) is 0 Å². The number of benzene rings is 1. The van der Waals surface area contributed by atoms with E-state index in [1.165, 1.54) is 7.11 Å². The summed E-state index contributed by atoms with van der Waals surface area (Å²) in [7, 11) is 1.48. The van der Waals surface area contributed by atoms with E-state index >= 15 is 0 Å². The van der Waals surface area contributed by atoms with E-state index in [-0.39, 0.29) is 0 Å². The minimum atomic E-state index is -1.64. The number of carbonyl (C=O) groups excluding carboxylic acids is 6. The molecule has 1 fully saturated rings. The molecule has 220 valence electrons. The molecule has 6 atom stereocenters. The molecule has 15 heteroatoms.